The molecule has 1 aromatic heterocycles. The van der Waals surface area contributed by atoms with Crippen LogP contribution in [0.25, 0.3) is 0 Å². The molecular weight excluding hydrogens is 405 g/mol. The highest BCUT2D eigenvalue weighted by Crippen LogP contribution is 2.35. The monoisotopic (exact) mass is 421 g/mol. The summed E-state index contributed by atoms with van der Waals surface area (Å²) in [5, 5.41) is 6.18. The molecule has 0 atom stereocenters. The zero-order valence-corrected chi connectivity index (χ0v) is 17.5. The zero-order chi connectivity index (χ0) is 18.7. The fraction of sp³-hybridized carbons (Fsp3) is 0.150. The van der Waals surface area contributed by atoms with Gasteiger partial charge >= 0.3 is 0 Å². The number of thiophene rings is 1. The van der Waals surface area contributed by atoms with Crippen LogP contribution >= 0.6 is 46.3 Å². The van der Waals surface area contributed by atoms with Gasteiger partial charge in [-0.25, -0.2) is 0 Å². The van der Waals surface area contributed by atoms with Gasteiger partial charge in [0, 0.05) is 26.4 Å². The van der Waals surface area contributed by atoms with Crippen molar-refractivity contribution in [1.29, 1.82) is 0 Å². The van der Waals surface area contributed by atoms with Gasteiger partial charge in [-0.3, -0.25) is 4.79 Å². The molecule has 1 heterocycles. The highest BCUT2D eigenvalue weighted by molar-refractivity contribution is 7.98. The summed E-state index contributed by atoms with van der Waals surface area (Å²) in [7, 11) is 0. The third-order valence-electron chi connectivity index (χ3n) is 4.03. The van der Waals surface area contributed by atoms with E-state index >= 15 is 0 Å². The normalized spacial score (nSPS) is 10.8. The third kappa shape index (κ3) is 4.44. The van der Waals surface area contributed by atoms with E-state index in [0.717, 1.165) is 21.7 Å². The molecule has 2 aromatic carbocycles. The second-order valence-electron chi connectivity index (χ2n) is 5.86. The van der Waals surface area contributed by atoms with Crippen LogP contribution in [0.4, 0.5) is 5.69 Å². The maximum Gasteiger partial charge on any atom is 0.266 e. The Kier molecular flexibility index (Phi) is 6.30. The lowest BCUT2D eigenvalue weighted by Gasteiger charge is -2.09. The summed E-state index contributed by atoms with van der Waals surface area (Å²) in [6, 6.07) is 13.3. The smallest absolute Gasteiger partial charge is 0.266 e. The minimum absolute atomic E-state index is 0.101. The molecule has 6 heteroatoms. The van der Waals surface area contributed by atoms with E-state index < -0.39 is 0 Å². The Morgan fingerprint density at radius 2 is 1.81 bits per heavy atom. The molecular formula is C20H17Cl2NOS2. The highest BCUT2D eigenvalue weighted by atomic mass is 35.5. The molecule has 26 heavy (non-hydrogen) atoms. The second-order valence-corrected chi connectivity index (χ2v) is 8.60. The molecule has 3 aromatic rings. The van der Waals surface area contributed by atoms with Gasteiger partial charge in [-0.05, 0) is 66.2 Å². The first-order valence-corrected chi connectivity index (χ1v) is 10.6. The molecule has 0 unspecified atom stereocenters. The number of carbonyl (C=O) groups is 1. The minimum Gasteiger partial charge on any atom is -0.321 e. The van der Waals surface area contributed by atoms with Gasteiger partial charge in [-0.1, -0.05) is 35.3 Å². The average Bonchev–Trinajstić information content (AvgIpc) is 3.06. The molecule has 2 nitrogen and oxygen atoms in total. The maximum absolute atomic E-state index is 12.7. The Morgan fingerprint density at radius 3 is 2.50 bits per heavy atom. The Hall–Kier alpha value is -1.46. The summed E-state index contributed by atoms with van der Waals surface area (Å²) in [6.07, 6.45) is 0. The van der Waals surface area contributed by atoms with Gasteiger partial charge < -0.3 is 5.32 Å². The molecule has 3 rings (SSSR count). The van der Waals surface area contributed by atoms with Gasteiger partial charge in [-0.15, -0.1) is 23.1 Å². The predicted molar refractivity (Wildman–Crippen MR) is 114 cm³/mol. The molecule has 1 amide bonds. The Balaban J connectivity index is 1.73. The van der Waals surface area contributed by atoms with E-state index in [2.05, 4.69) is 12.2 Å². The van der Waals surface area contributed by atoms with Crippen molar-refractivity contribution in [3.63, 3.8) is 0 Å². The number of carbonyl (C=O) groups excluding carboxylic acids is 1. The van der Waals surface area contributed by atoms with Crippen LogP contribution in [0.3, 0.4) is 0 Å². The molecule has 0 radical (unpaired) electrons. The van der Waals surface area contributed by atoms with Gasteiger partial charge in [0.15, 0.2) is 0 Å². The number of amides is 1. The number of anilines is 1. The topological polar surface area (TPSA) is 29.1 Å². The van der Waals surface area contributed by atoms with Gasteiger partial charge in [0.2, 0.25) is 0 Å². The van der Waals surface area contributed by atoms with E-state index in [0.29, 0.717) is 20.7 Å². The molecule has 0 bridgehead atoms. The van der Waals surface area contributed by atoms with Crippen molar-refractivity contribution in [3.05, 3.63) is 79.5 Å². The first-order chi connectivity index (χ1) is 12.5. The summed E-state index contributed by atoms with van der Waals surface area (Å²) in [5.74, 6) is 0.509. The molecule has 0 aliphatic rings. The molecule has 0 saturated heterocycles. The van der Waals surface area contributed by atoms with Crippen molar-refractivity contribution in [3.8, 4) is 0 Å². The number of hydrogen-bond donors (Lipinski definition) is 1. The van der Waals surface area contributed by atoms with Crippen LogP contribution in [0.2, 0.25) is 10.0 Å². The first kappa shape index (κ1) is 19.3. The number of halogens is 2. The van der Waals surface area contributed by atoms with Gasteiger partial charge in [-0.2, -0.15) is 0 Å². The summed E-state index contributed by atoms with van der Waals surface area (Å²) in [4.78, 5) is 14.3. The quantitative estimate of drug-likeness (QED) is 0.440. The largest absolute Gasteiger partial charge is 0.321 e. The van der Waals surface area contributed by atoms with E-state index in [9.17, 15) is 4.79 Å². The first-order valence-electron chi connectivity index (χ1n) is 7.97. The van der Waals surface area contributed by atoms with Crippen LogP contribution in [-0.4, -0.2) is 5.91 Å². The fourth-order valence-electron chi connectivity index (χ4n) is 2.40. The molecule has 0 saturated carbocycles. The summed E-state index contributed by atoms with van der Waals surface area (Å²) in [5.41, 5.74) is 4.04. The number of benzene rings is 2. The number of nitrogens with one attached hydrogen (secondary N) is 1. The lowest BCUT2D eigenvalue weighted by Crippen LogP contribution is -2.11. The number of hydrogen-bond acceptors (Lipinski definition) is 3. The Morgan fingerprint density at radius 1 is 1.08 bits per heavy atom. The summed E-state index contributed by atoms with van der Waals surface area (Å²) >= 11 is 15.5. The molecule has 0 spiro atoms. The number of aryl methyl sites for hydroxylation is 2. The van der Waals surface area contributed by atoms with Crippen LogP contribution in [0, 0.1) is 13.8 Å². The van der Waals surface area contributed by atoms with Crippen LogP contribution in [-0.2, 0) is 5.75 Å². The van der Waals surface area contributed by atoms with E-state index in [4.69, 9.17) is 23.2 Å². The van der Waals surface area contributed by atoms with Crippen LogP contribution in [0.1, 0.15) is 26.4 Å². The van der Waals surface area contributed by atoms with E-state index in [-0.39, 0.29) is 5.91 Å². The van der Waals surface area contributed by atoms with E-state index in [1.54, 1.807) is 11.8 Å². The van der Waals surface area contributed by atoms with Crippen molar-refractivity contribution >= 4 is 57.9 Å². The van der Waals surface area contributed by atoms with Crippen molar-refractivity contribution in [2.24, 2.45) is 0 Å². The number of thioether (sulfide) groups is 1. The minimum atomic E-state index is -0.101. The predicted octanol–water partition coefficient (Wildman–Crippen LogP) is 7.22. The maximum atomic E-state index is 12.7. The van der Waals surface area contributed by atoms with Crippen LogP contribution in [0.15, 0.2) is 52.7 Å². The number of rotatable bonds is 5. The Labute approximate surface area is 171 Å². The van der Waals surface area contributed by atoms with Gasteiger partial charge in [0.05, 0.1) is 0 Å². The van der Waals surface area contributed by atoms with Crippen molar-refractivity contribution in [2.45, 2.75) is 24.5 Å². The molecule has 0 fully saturated rings. The average molecular weight is 422 g/mol. The zero-order valence-electron chi connectivity index (χ0n) is 14.3. The molecule has 0 aliphatic heterocycles. The summed E-state index contributed by atoms with van der Waals surface area (Å²) < 4.78 is 0. The van der Waals surface area contributed by atoms with Crippen molar-refractivity contribution in [2.75, 3.05) is 5.32 Å². The molecule has 1 N–H and O–H groups in total. The van der Waals surface area contributed by atoms with Gasteiger partial charge in [0.25, 0.3) is 5.91 Å². The second kappa shape index (κ2) is 8.49. The highest BCUT2D eigenvalue weighted by Gasteiger charge is 2.15. The van der Waals surface area contributed by atoms with E-state index in [1.165, 1.54) is 16.9 Å². The summed E-state index contributed by atoms with van der Waals surface area (Å²) in [6.45, 7) is 4.08. The molecule has 0 aliphatic carbocycles. The van der Waals surface area contributed by atoms with Gasteiger partial charge in [0.1, 0.15) is 4.88 Å². The fourth-order valence-corrected chi connectivity index (χ4v) is 5.18. The molecule has 134 valence electrons. The van der Waals surface area contributed by atoms with Crippen molar-refractivity contribution < 1.29 is 4.79 Å². The lowest BCUT2D eigenvalue weighted by atomic mass is 10.1. The van der Waals surface area contributed by atoms with E-state index in [1.807, 2.05) is 54.8 Å². The van der Waals surface area contributed by atoms with Crippen LogP contribution in [0.5, 0.6) is 0 Å². The third-order valence-corrected chi connectivity index (χ3v) is 6.87. The SMILES string of the molecule is Cc1ccc(NC(=O)c2sccc2SCc2c(Cl)cccc2Cl)cc1C. The standard InChI is InChI=1S/C20H17Cl2NOS2/c1-12-6-7-14(10-13(12)2)23-20(24)19-18(8-9-25-19)26-11-15-16(21)4-3-5-17(15)22/h3-10H,11H2,1-2H3,(H,23,24). The van der Waals surface area contributed by atoms with Crippen LogP contribution < -0.4 is 5.32 Å². The lowest BCUT2D eigenvalue weighted by molar-refractivity contribution is 0.102. The van der Waals surface area contributed by atoms with Crippen molar-refractivity contribution in [1.82, 2.24) is 0 Å². The Bertz CT molecular complexity index is 932.